The highest BCUT2D eigenvalue weighted by molar-refractivity contribution is 5.97. The molecule has 1 amide bonds. The number of ketones is 1. The highest BCUT2D eigenvalue weighted by Gasteiger charge is 2.18. The van der Waals surface area contributed by atoms with Gasteiger partial charge < -0.3 is 5.32 Å². The fourth-order valence-corrected chi connectivity index (χ4v) is 1.63. The molecule has 0 unspecified atom stereocenters. The molecule has 3 nitrogen and oxygen atoms in total. The summed E-state index contributed by atoms with van der Waals surface area (Å²) in [6, 6.07) is 8.56. The second kappa shape index (κ2) is 6.18. The summed E-state index contributed by atoms with van der Waals surface area (Å²) in [5.74, 6) is 0.189. The van der Waals surface area contributed by atoms with Crippen LogP contribution in [0.25, 0.3) is 0 Å². The molecule has 1 aromatic carbocycles. The van der Waals surface area contributed by atoms with E-state index in [1.54, 1.807) is 24.3 Å². The number of hydrogen-bond donors (Lipinski definition) is 1. The molecule has 0 fully saturated rings. The Morgan fingerprint density at radius 1 is 1.18 bits per heavy atom. The van der Waals surface area contributed by atoms with E-state index in [0.717, 1.165) is 0 Å². The van der Waals surface area contributed by atoms with Crippen molar-refractivity contribution in [3.8, 4) is 0 Å². The highest BCUT2D eigenvalue weighted by Crippen LogP contribution is 2.07. The van der Waals surface area contributed by atoms with Crippen molar-refractivity contribution in [3.05, 3.63) is 35.9 Å². The lowest BCUT2D eigenvalue weighted by Crippen LogP contribution is -2.40. The lowest BCUT2D eigenvalue weighted by atomic mass is 10.0. The van der Waals surface area contributed by atoms with Crippen molar-refractivity contribution >= 4 is 11.7 Å². The predicted molar refractivity (Wildman–Crippen MR) is 67.8 cm³/mol. The molecule has 0 aromatic heterocycles. The van der Waals surface area contributed by atoms with Gasteiger partial charge >= 0.3 is 0 Å². The number of benzene rings is 1. The smallest absolute Gasteiger partial charge is 0.251 e. The molecule has 0 aliphatic heterocycles. The second-order valence-corrected chi connectivity index (χ2v) is 4.63. The molecule has 0 heterocycles. The molecule has 0 spiro atoms. The fourth-order valence-electron chi connectivity index (χ4n) is 1.63. The molecule has 3 heteroatoms. The predicted octanol–water partition coefficient (Wildman–Crippen LogP) is 2.42. The number of rotatable bonds is 5. The van der Waals surface area contributed by atoms with Gasteiger partial charge in [-0.1, -0.05) is 32.0 Å². The summed E-state index contributed by atoms with van der Waals surface area (Å²) < 4.78 is 0. The quantitative estimate of drug-likeness (QED) is 0.849. The van der Waals surface area contributed by atoms with E-state index in [1.165, 1.54) is 6.92 Å². The van der Waals surface area contributed by atoms with Crippen LogP contribution < -0.4 is 5.32 Å². The molecule has 1 aromatic rings. The second-order valence-electron chi connectivity index (χ2n) is 4.63. The average Bonchev–Trinajstić information content (AvgIpc) is 2.28. The lowest BCUT2D eigenvalue weighted by molar-refractivity contribution is -0.119. The molecule has 0 saturated heterocycles. The van der Waals surface area contributed by atoms with E-state index in [-0.39, 0.29) is 17.7 Å². The summed E-state index contributed by atoms with van der Waals surface area (Å²) in [5, 5.41) is 2.78. The Hall–Kier alpha value is -1.64. The van der Waals surface area contributed by atoms with Crippen molar-refractivity contribution in [1.29, 1.82) is 0 Å². The van der Waals surface area contributed by atoms with Gasteiger partial charge in [-0.2, -0.15) is 0 Å². The monoisotopic (exact) mass is 233 g/mol. The van der Waals surface area contributed by atoms with Crippen LogP contribution in [0.5, 0.6) is 0 Å². The lowest BCUT2D eigenvalue weighted by Gasteiger charge is -2.17. The standard InChI is InChI=1S/C14H19NO2/c1-10(2)9-13(11(3)16)15-14(17)12-7-5-4-6-8-12/h4-8,10,13H,9H2,1-3H3,(H,15,17)/t13-/m1/s1. The van der Waals surface area contributed by atoms with Crippen LogP contribution in [0.15, 0.2) is 30.3 Å². The van der Waals surface area contributed by atoms with Crippen molar-refractivity contribution in [2.45, 2.75) is 33.2 Å². The Bertz CT molecular complexity index is 384. The van der Waals surface area contributed by atoms with Gasteiger partial charge in [0.05, 0.1) is 6.04 Å². The third kappa shape index (κ3) is 4.39. The van der Waals surface area contributed by atoms with Crippen LogP contribution in [0.4, 0.5) is 0 Å². The normalized spacial score (nSPS) is 12.2. The number of nitrogens with one attached hydrogen (secondary N) is 1. The van der Waals surface area contributed by atoms with E-state index in [4.69, 9.17) is 0 Å². The molecular weight excluding hydrogens is 214 g/mol. The van der Waals surface area contributed by atoms with Crippen molar-refractivity contribution < 1.29 is 9.59 Å². The summed E-state index contributed by atoms with van der Waals surface area (Å²) in [7, 11) is 0. The van der Waals surface area contributed by atoms with Gasteiger partial charge in [0.2, 0.25) is 0 Å². The summed E-state index contributed by atoms with van der Waals surface area (Å²) >= 11 is 0. The molecule has 0 bridgehead atoms. The number of carbonyl (C=O) groups excluding carboxylic acids is 2. The van der Waals surface area contributed by atoms with Gasteiger partial charge in [0.25, 0.3) is 5.91 Å². The van der Waals surface area contributed by atoms with E-state index in [2.05, 4.69) is 5.32 Å². The maximum Gasteiger partial charge on any atom is 0.251 e. The summed E-state index contributed by atoms with van der Waals surface area (Å²) in [6.07, 6.45) is 0.675. The topological polar surface area (TPSA) is 46.2 Å². The Labute approximate surface area is 102 Å². The zero-order chi connectivity index (χ0) is 12.8. The highest BCUT2D eigenvalue weighted by atomic mass is 16.2. The maximum absolute atomic E-state index is 11.9. The van der Waals surface area contributed by atoms with E-state index < -0.39 is 0 Å². The maximum atomic E-state index is 11.9. The number of amides is 1. The van der Waals surface area contributed by atoms with E-state index in [1.807, 2.05) is 19.9 Å². The average molecular weight is 233 g/mol. The van der Waals surface area contributed by atoms with Gasteiger partial charge in [0.15, 0.2) is 5.78 Å². The SMILES string of the molecule is CC(=O)[C@@H](CC(C)C)NC(=O)c1ccccc1. The number of Topliss-reactive ketones (excluding diaryl/α,β-unsaturated/α-hetero) is 1. The van der Waals surface area contributed by atoms with Crippen LogP contribution in [-0.2, 0) is 4.79 Å². The molecule has 1 N–H and O–H groups in total. The van der Waals surface area contributed by atoms with Gasteiger partial charge in [-0.3, -0.25) is 9.59 Å². The van der Waals surface area contributed by atoms with Gasteiger partial charge in [-0.15, -0.1) is 0 Å². The van der Waals surface area contributed by atoms with Crippen LogP contribution in [-0.4, -0.2) is 17.7 Å². The molecule has 0 saturated carbocycles. The molecule has 1 rings (SSSR count). The molecule has 0 radical (unpaired) electrons. The fraction of sp³-hybridized carbons (Fsp3) is 0.429. The Morgan fingerprint density at radius 3 is 2.24 bits per heavy atom. The van der Waals surface area contributed by atoms with Gasteiger partial charge in [0.1, 0.15) is 0 Å². The Balaban J connectivity index is 2.68. The minimum atomic E-state index is -0.386. The van der Waals surface area contributed by atoms with Gasteiger partial charge in [-0.25, -0.2) is 0 Å². The molecule has 92 valence electrons. The third-order valence-electron chi connectivity index (χ3n) is 2.54. The largest absolute Gasteiger partial charge is 0.342 e. The molecule has 17 heavy (non-hydrogen) atoms. The van der Waals surface area contributed by atoms with Crippen LogP contribution in [0, 0.1) is 5.92 Å². The number of hydrogen-bond acceptors (Lipinski definition) is 2. The van der Waals surface area contributed by atoms with Gasteiger partial charge in [-0.05, 0) is 31.4 Å². The zero-order valence-corrected chi connectivity index (χ0v) is 10.6. The molecule has 0 aliphatic rings. The van der Waals surface area contributed by atoms with Crippen LogP contribution in [0.3, 0.4) is 0 Å². The van der Waals surface area contributed by atoms with E-state index in [0.29, 0.717) is 17.9 Å². The minimum Gasteiger partial charge on any atom is -0.342 e. The third-order valence-corrected chi connectivity index (χ3v) is 2.54. The van der Waals surface area contributed by atoms with Gasteiger partial charge in [0, 0.05) is 5.56 Å². The molecular formula is C14H19NO2. The minimum absolute atomic E-state index is 0.00276. The number of carbonyl (C=O) groups is 2. The van der Waals surface area contributed by atoms with Crippen molar-refractivity contribution in [2.24, 2.45) is 5.92 Å². The first-order chi connectivity index (χ1) is 8.00. The summed E-state index contributed by atoms with van der Waals surface area (Å²) in [6.45, 7) is 5.58. The van der Waals surface area contributed by atoms with E-state index >= 15 is 0 Å². The first-order valence-electron chi connectivity index (χ1n) is 5.87. The first-order valence-corrected chi connectivity index (χ1v) is 5.87. The molecule has 0 aliphatic carbocycles. The molecule has 1 atom stereocenters. The first kappa shape index (κ1) is 13.4. The van der Waals surface area contributed by atoms with Crippen LogP contribution >= 0.6 is 0 Å². The van der Waals surface area contributed by atoms with Crippen LogP contribution in [0.1, 0.15) is 37.6 Å². The Kier molecular flexibility index (Phi) is 4.88. The van der Waals surface area contributed by atoms with Crippen molar-refractivity contribution in [1.82, 2.24) is 5.32 Å². The zero-order valence-electron chi connectivity index (χ0n) is 10.6. The Morgan fingerprint density at radius 2 is 1.76 bits per heavy atom. The summed E-state index contributed by atoms with van der Waals surface area (Å²) in [5.41, 5.74) is 0.586. The summed E-state index contributed by atoms with van der Waals surface area (Å²) in [4.78, 5) is 23.3. The van der Waals surface area contributed by atoms with Crippen LogP contribution in [0.2, 0.25) is 0 Å². The van der Waals surface area contributed by atoms with E-state index in [9.17, 15) is 9.59 Å². The van der Waals surface area contributed by atoms with Crippen molar-refractivity contribution in [2.75, 3.05) is 0 Å². The van der Waals surface area contributed by atoms with Crippen molar-refractivity contribution in [3.63, 3.8) is 0 Å².